The van der Waals surface area contributed by atoms with E-state index >= 15 is 0 Å². The number of hydrogen-bond donors (Lipinski definition) is 0. The van der Waals surface area contributed by atoms with E-state index in [-0.39, 0.29) is 6.10 Å². The molecule has 1 aliphatic carbocycles. The molecule has 1 aliphatic rings. The second-order valence-electron chi connectivity index (χ2n) is 4.28. The standard InChI is InChI=1S/C14H18O3/c1-2-16-12-6-8-13(9-7-12)17-14-5-3-4-11(15)10-14/h6-9,14H,2-5,10H2,1H3. The Bertz CT molecular complexity index is 370. The van der Waals surface area contributed by atoms with Gasteiger partial charge in [-0.05, 0) is 44.0 Å². The maximum Gasteiger partial charge on any atom is 0.136 e. The van der Waals surface area contributed by atoms with E-state index in [1.807, 2.05) is 31.2 Å². The van der Waals surface area contributed by atoms with Crippen LogP contribution >= 0.6 is 0 Å². The van der Waals surface area contributed by atoms with Crippen LogP contribution in [0.5, 0.6) is 11.5 Å². The molecule has 3 heteroatoms. The third-order valence-electron chi connectivity index (χ3n) is 2.87. The van der Waals surface area contributed by atoms with Gasteiger partial charge < -0.3 is 9.47 Å². The molecular weight excluding hydrogens is 216 g/mol. The SMILES string of the molecule is CCOc1ccc(OC2CCCC(=O)C2)cc1. The van der Waals surface area contributed by atoms with Crippen molar-refractivity contribution >= 4 is 5.78 Å². The molecule has 3 nitrogen and oxygen atoms in total. The summed E-state index contributed by atoms with van der Waals surface area (Å²) in [4.78, 5) is 11.3. The zero-order valence-electron chi connectivity index (χ0n) is 10.1. The Labute approximate surface area is 102 Å². The summed E-state index contributed by atoms with van der Waals surface area (Å²) in [5.41, 5.74) is 0. The molecule has 1 saturated carbocycles. The van der Waals surface area contributed by atoms with Crippen LogP contribution in [0.2, 0.25) is 0 Å². The van der Waals surface area contributed by atoms with Gasteiger partial charge in [0.05, 0.1) is 6.61 Å². The van der Waals surface area contributed by atoms with Gasteiger partial charge in [0, 0.05) is 12.8 Å². The van der Waals surface area contributed by atoms with Crippen LogP contribution in [-0.2, 0) is 4.79 Å². The van der Waals surface area contributed by atoms with Crippen LogP contribution in [0, 0.1) is 0 Å². The van der Waals surface area contributed by atoms with E-state index in [2.05, 4.69) is 0 Å². The minimum absolute atomic E-state index is 0.0502. The van der Waals surface area contributed by atoms with E-state index in [9.17, 15) is 4.79 Å². The van der Waals surface area contributed by atoms with Crippen LogP contribution in [0.1, 0.15) is 32.6 Å². The van der Waals surface area contributed by atoms with E-state index in [4.69, 9.17) is 9.47 Å². The predicted octanol–water partition coefficient (Wildman–Crippen LogP) is 2.98. The number of ketones is 1. The fourth-order valence-electron chi connectivity index (χ4n) is 2.06. The van der Waals surface area contributed by atoms with Gasteiger partial charge in [-0.15, -0.1) is 0 Å². The Kier molecular flexibility index (Phi) is 4.02. The summed E-state index contributed by atoms with van der Waals surface area (Å²) in [5, 5.41) is 0. The molecule has 0 radical (unpaired) electrons. The van der Waals surface area contributed by atoms with Crippen molar-refractivity contribution in [3.8, 4) is 11.5 Å². The van der Waals surface area contributed by atoms with Gasteiger partial charge in [0.15, 0.2) is 0 Å². The largest absolute Gasteiger partial charge is 0.494 e. The topological polar surface area (TPSA) is 35.5 Å². The first kappa shape index (κ1) is 12.0. The van der Waals surface area contributed by atoms with Gasteiger partial charge >= 0.3 is 0 Å². The minimum atomic E-state index is 0.0502. The molecule has 1 aromatic rings. The van der Waals surface area contributed by atoms with Crippen LogP contribution in [-0.4, -0.2) is 18.5 Å². The number of carbonyl (C=O) groups excluding carboxylic acids is 1. The Morgan fingerprint density at radius 2 is 1.94 bits per heavy atom. The monoisotopic (exact) mass is 234 g/mol. The molecule has 0 amide bonds. The van der Waals surface area contributed by atoms with Crippen molar-refractivity contribution in [2.75, 3.05) is 6.61 Å². The molecule has 1 aromatic carbocycles. The lowest BCUT2D eigenvalue weighted by atomic mass is 9.96. The first-order valence-corrected chi connectivity index (χ1v) is 6.19. The lowest BCUT2D eigenvalue weighted by Gasteiger charge is -2.22. The molecule has 0 spiro atoms. The van der Waals surface area contributed by atoms with Gasteiger partial charge in [-0.1, -0.05) is 0 Å². The van der Waals surface area contributed by atoms with Crippen LogP contribution in [0.3, 0.4) is 0 Å². The second kappa shape index (κ2) is 5.71. The van der Waals surface area contributed by atoms with Crippen LogP contribution in [0.25, 0.3) is 0 Å². The fraction of sp³-hybridized carbons (Fsp3) is 0.500. The minimum Gasteiger partial charge on any atom is -0.494 e. The zero-order chi connectivity index (χ0) is 12.1. The van der Waals surface area contributed by atoms with Gasteiger partial charge in [0.2, 0.25) is 0 Å². The Hall–Kier alpha value is -1.51. The highest BCUT2D eigenvalue weighted by molar-refractivity contribution is 5.79. The number of rotatable bonds is 4. The molecule has 0 heterocycles. The van der Waals surface area contributed by atoms with Gasteiger partial charge in [0.25, 0.3) is 0 Å². The number of ether oxygens (including phenoxy) is 2. The Balaban J connectivity index is 1.91. The van der Waals surface area contributed by atoms with Crippen molar-refractivity contribution in [3.63, 3.8) is 0 Å². The van der Waals surface area contributed by atoms with E-state index < -0.39 is 0 Å². The molecular formula is C14H18O3. The molecule has 2 rings (SSSR count). The number of hydrogen-bond acceptors (Lipinski definition) is 3. The second-order valence-corrected chi connectivity index (χ2v) is 4.28. The molecule has 1 atom stereocenters. The summed E-state index contributed by atoms with van der Waals surface area (Å²) in [5.74, 6) is 1.97. The molecule has 92 valence electrons. The van der Waals surface area contributed by atoms with Crippen LogP contribution < -0.4 is 9.47 Å². The van der Waals surface area contributed by atoms with Gasteiger partial charge in [0.1, 0.15) is 23.4 Å². The van der Waals surface area contributed by atoms with E-state index in [0.29, 0.717) is 25.2 Å². The average molecular weight is 234 g/mol. The van der Waals surface area contributed by atoms with Crippen molar-refractivity contribution in [1.82, 2.24) is 0 Å². The maximum absolute atomic E-state index is 11.3. The highest BCUT2D eigenvalue weighted by Crippen LogP contribution is 2.23. The predicted molar refractivity (Wildman–Crippen MR) is 65.5 cm³/mol. The summed E-state index contributed by atoms with van der Waals surface area (Å²) >= 11 is 0. The molecule has 0 saturated heterocycles. The fourth-order valence-corrected chi connectivity index (χ4v) is 2.06. The lowest BCUT2D eigenvalue weighted by molar-refractivity contribution is -0.122. The van der Waals surface area contributed by atoms with Crippen molar-refractivity contribution in [2.45, 2.75) is 38.7 Å². The van der Waals surface area contributed by atoms with Crippen molar-refractivity contribution in [2.24, 2.45) is 0 Å². The first-order valence-electron chi connectivity index (χ1n) is 6.19. The van der Waals surface area contributed by atoms with E-state index in [1.165, 1.54) is 0 Å². The maximum atomic E-state index is 11.3. The third kappa shape index (κ3) is 3.48. The zero-order valence-corrected chi connectivity index (χ0v) is 10.1. The van der Waals surface area contributed by atoms with Crippen molar-refractivity contribution in [3.05, 3.63) is 24.3 Å². The summed E-state index contributed by atoms with van der Waals surface area (Å²) in [7, 11) is 0. The van der Waals surface area contributed by atoms with Gasteiger partial charge in [-0.2, -0.15) is 0 Å². The Morgan fingerprint density at radius 3 is 2.59 bits per heavy atom. The number of benzene rings is 1. The molecule has 0 aromatic heterocycles. The molecule has 17 heavy (non-hydrogen) atoms. The van der Waals surface area contributed by atoms with Crippen LogP contribution in [0.15, 0.2) is 24.3 Å². The Morgan fingerprint density at radius 1 is 1.24 bits per heavy atom. The molecule has 1 fully saturated rings. The molecule has 0 bridgehead atoms. The van der Waals surface area contributed by atoms with Crippen LogP contribution in [0.4, 0.5) is 0 Å². The lowest BCUT2D eigenvalue weighted by Crippen LogP contribution is -2.25. The quantitative estimate of drug-likeness (QED) is 0.803. The first-order chi connectivity index (χ1) is 8.28. The highest BCUT2D eigenvalue weighted by Gasteiger charge is 2.20. The summed E-state index contributed by atoms with van der Waals surface area (Å²) in [6, 6.07) is 7.57. The van der Waals surface area contributed by atoms with Gasteiger partial charge in [-0.25, -0.2) is 0 Å². The van der Waals surface area contributed by atoms with E-state index in [0.717, 1.165) is 24.3 Å². The van der Waals surface area contributed by atoms with Crippen molar-refractivity contribution < 1.29 is 14.3 Å². The number of Topliss-reactive ketones (excluding diaryl/α,β-unsaturated/α-hetero) is 1. The molecule has 0 aliphatic heterocycles. The van der Waals surface area contributed by atoms with Crippen molar-refractivity contribution in [1.29, 1.82) is 0 Å². The summed E-state index contributed by atoms with van der Waals surface area (Å²) < 4.78 is 11.1. The average Bonchev–Trinajstić information content (AvgIpc) is 2.32. The normalized spacial score (nSPS) is 20.1. The molecule has 0 N–H and O–H groups in total. The summed E-state index contributed by atoms with van der Waals surface area (Å²) in [6.07, 6.45) is 3.23. The highest BCUT2D eigenvalue weighted by atomic mass is 16.5. The smallest absolute Gasteiger partial charge is 0.136 e. The summed E-state index contributed by atoms with van der Waals surface area (Å²) in [6.45, 7) is 2.62. The van der Waals surface area contributed by atoms with E-state index in [1.54, 1.807) is 0 Å². The number of carbonyl (C=O) groups is 1. The molecule has 1 unspecified atom stereocenters. The van der Waals surface area contributed by atoms with Gasteiger partial charge in [-0.3, -0.25) is 4.79 Å². The third-order valence-corrected chi connectivity index (χ3v) is 2.87.